The Morgan fingerprint density at radius 1 is 1.15 bits per heavy atom. The second-order valence-electron chi connectivity index (χ2n) is 7.10. The third kappa shape index (κ3) is 3.98. The number of nitrogens with zero attached hydrogens (tertiary/aromatic N) is 3. The maximum atomic E-state index is 9.69. The van der Waals surface area contributed by atoms with Crippen molar-refractivity contribution < 1.29 is 9.84 Å². The van der Waals surface area contributed by atoms with Gasteiger partial charge in [-0.15, -0.1) is 0 Å². The number of rotatable bonds is 6. The molecule has 4 rings (SSSR count). The molecule has 0 spiro atoms. The fourth-order valence-corrected chi connectivity index (χ4v) is 3.27. The van der Waals surface area contributed by atoms with Crippen LogP contribution in [0.3, 0.4) is 0 Å². The summed E-state index contributed by atoms with van der Waals surface area (Å²) in [5, 5.41) is 9.69. The molecule has 0 radical (unpaired) electrons. The van der Waals surface area contributed by atoms with Crippen molar-refractivity contribution in [2.75, 3.05) is 6.61 Å². The van der Waals surface area contributed by atoms with Crippen molar-refractivity contribution in [3.05, 3.63) is 71.9 Å². The topological polar surface area (TPSA) is 68.1 Å². The molecule has 1 saturated carbocycles. The molecule has 0 aliphatic heterocycles. The first-order valence-corrected chi connectivity index (χ1v) is 9.27. The molecule has 0 saturated heterocycles. The number of hydrogen-bond donors (Lipinski definition) is 1. The highest BCUT2D eigenvalue weighted by atomic mass is 16.5. The zero-order valence-corrected chi connectivity index (χ0v) is 15.5. The van der Waals surface area contributed by atoms with E-state index < -0.39 is 6.10 Å². The summed E-state index contributed by atoms with van der Waals surface area (Å²) in [6.07, 6.45) is 4.26. The van der Waals surface area contributed by atoms with Crippen molar-refractivity contribution in [2.45, 2.75) is 32.3 Å². The summed E-state index contributed by atoms with van der Waals surface area (Å²) in [6, 6.07) is 13.8. The van der Waals surface area contributed by atoms with Gasteiger partial charge < -0.3 is 9.84 Å². The molecule has 0 bridgehead atoms. The van der Waals surface area contributed by atoms with E-state index in [0.717, 1.165) is 28.8 Å². The zero-order chi connectivity index (χ0) is 18.8. The Kier molecular flexibility index (Phi) is 4.86. The van der Waals surface area contributed by atoms with Crippen LogP contribution in [0.25, 0.3) is 11.1 Å². The van der Waals surface area contributed by atoms with Crippen molar-refractivity contribution in [2.24, 2.45) is 5.92 Å². The molecule has 3 atom stereocenters. The van der Waals surface area contributed by atoms with Gasteiger partial charge in [0.2, 0.25) is 5.88 Å². The van der Waals surface area contributed by atoms with Gasteiger partial charge in [0.15, 0.2) is 0 Å². The minimum absolute atomic E-state index is 0.473. The number of aliphatic hydroxyl groups is 1. The standard InChI is InChI=1S/C22H23N3O2/c1-14(26)16-6-8-17(9-7-16)20-12-24-15(2)25-22(20)27-13-18-11-19(18)21-5-3-4-10-23-21/h3-10,12,14,18-19,26H,11,13H2,1-2H3/t14?,18?,19-/m1/s1. The van der Waals surface area contributed by atoms with E-state index in [-0.39, 0.29) is 0 Å². The van der Waals surface area contributed by atoms with E-state index in [1.165, 1.54) is 0 Å². The largest absolute Gasteiger partial charge is 0.477 e. The number of aliphatic hydroxyl groups excluding tert-OH is 1. The molecule has 5 nitrogen and oxygen atoms in total. The Bertz CT molecular complexity index is 911. The first kappa shape index (κ1) is 17.6. The second-order valence-corrected chi connectivity index (χ2v) is 7.10. The van der Waals surface area contributed by atoms with Crippen molar-refractivity contribution >= 4 is 0 Å². The van der Waals surface area contributed by atoms with E-state index in [2.05, 4.69) is 21.0 Å². The van der Waals surface area contributed by atoms with Gasteiger partial charge in [0.1, 0.15) is 5.82 Å². The van der Waals surface area contributed by atoms with Gasteiger partial charge in [-0.05, 0) is 43.5 Å². The van der Waals surface area contributed by atoms with Crippen molar-refractivity contribution in [3.63, 3.8) is 0 Å². The molecule has 1 aromatic carbocycles. The quantitative estimate of drug-likeness (QED) is 0.716. The fraction of sp³-hybridized carbons (Fsp3) is 0.318. The van der Waals surface area contributed by atoms with Gasteiger partial charge in [-0.25, -0.2) is 4.98 Å². The SMILES string of the molecule is Cc1ncc(-c2ccc(C(C)O)cc2)c(OCC2C[C@H]2c2ccccn2)n1. The number of benzene rings is 1. The van der Waals surface area contributed by atoms with Gasteiger partial charge in [0, 0.05) is 29.9 Å². The molecule has 1 N–H and O–H groups in total. The maximum absolute atomic E-state index is 9.69. The van der Waals surface area contributed by atoms with E-state index in [1.54, 1.807) is 13.1 Å². The zero-order valence-electron chi connectivity index (χ0n) is 15.5. The van der Waals surface area contributed by atoms with Crippen LogP contribution in [0.15, 0.2) is 54.9 Å². The van der Waals surface area contributed by atoms with Gasteiger partial charge in [0.05, 0.1) is 18.3 Å². The van der Waals surface area contributed by atoms with Crippen LogP contribution in [-0.4, -0.2) is 26.7 Å². The van der Waals surface area contributed by atoms with Gasteiger partial charge >= 0.3 is 0 Å². The van der Waals surface area contributed by atoms with Crippen LogP contribution in [0.5, 0.6) is 5.88 Å². The average molecular weight is 361 g/mol. The lowest BCUT2D eigenvalue weighted by Crippen LogP contribution is -2.05. The van der Waals surface area contributed by atoms with E-state index in [4.69, 9.17) is 4.74 Å². The van der Waals surface area contributed by atoms with Gasteiger partial charge in [-0.2, -0.15) is 4.98 Å². The van der Waals surface area contributed by atoms with Crippen LogP contribution in [-0.2, 0) is 0 Å². The first-order valence-electron chi connectivity index (χ1n) is 9.27. The predicted octanol–water partition coefficient (Wildman–Crippen LogP) is 4.08. The summed E-state index contributed by atoms with van der Waals surface area (Å²) < 4.78 is 6.10. The number of ether oxygens (including phenoxy) is 1. The summed E-state index contributed by atoms with van der Waals surface area (Å²) in [7, 11) is 0. The van der Waals surface area contributed by atoms with Crippen molar-refractivity contribution in [1.82, 2.24) is 15.0 Å². The Morgan fingerprint density at radius 2 is 1.96 bits per heavy atom. The molecular weight excluding hydrogens is 338 g/mol. The third-order valence-electron chi connectivity index (χ3n) is 5.00. The minimum Gasteiger partial charge on any atom is -0.477 e. The molecule has 1 aliphatic carbocycles. The van der Waals surface area contributed by atoms with E-state index in [0.29, 0.717) is 30.1 Å². The van der Waals surface area contributed by atoms with Crippen LogP contribution in [0, 0.1) is 12.8 Å². The van der Waals surface area contributed by atoms with Gasteiger partial charge in [0.25, 0.3) is 0 Å². The molecule has 1 aliphatic rings. The number of aromatic nitrogens is 3. The second kappa shape index (κ2) is 7.45. The highest BCUT2D eigenvalue weighted by molar-refractivity contribution is 5.68. The summed E-state index contributed by atoms with van der Waals surface area (Å²) in [5.74, 6) is 2.24. The highest BCUT2D eigenvalue weighted by Gasteiger charge is 2.40. The molecule has 2 heterocycles. The van der Waals surface area contributed by atoms with Crippen LogP contribution in [0.4, 0.5) is 0 Å². The molecule has 2 aromatic heterocycles. The van der Waals surface area contributed by atoms with Gasteiger partial charge in [-0.1, -0.05) is 30.3 Å². The number of pyridine rings is 1. The third-order valence-corrected chi connectivity index (χ3v) is 5.00. The Balaban J connectivity index is 1.49. The van der Waals surface area contributed by atoms with Crippen molar-refractivity contribution in [3.8, 4) is 17.0 Å². The molecule has 0 amide bonds. The minimum atomic E-state index is -0.484. The van der Waals surface area contributed by atoms with Gasteiger partial charge in [-0.3, -0.25) is 4.98 Å². The molecular formula is C22H23N3O2. The Hall–Kier alpha value is -2.79. The number of aryl methyl sites for hydroxylation is 1. The normalized spacial score (nSPS) is 19.5. The maximum Gasteiger partial charge on any atom is 0.224 e. The fourth-order valence-electron chi connectivity index (χ4n) is 3.27. The summed E-state index contributed by atoms with van der Waals surface area (Å²) in [6.45, 7) is 4.24. The lowest BCUT2D eigenvalue weighted by molar-refractivity contribution is 0.199. The molecule has 138 valence electrons. The molecule has 5 heteroatoms. The van der Waals surface area contributed by atoms with E-state index in [9.17, 15) is 5.11 Å². The molecule has 2 unspecified atom stereocenters. The Morgan fingerprint density at radius 3 is 2.67 bits per heavy atom. The molecule has 3 aromatic rings. The highest BCUT2D eigenvalue weighted by Crippen LogP contribution is 2.46. The predicted molar refractivity (Wildman–Crippen MR) is 103 cm³/mol. The monoisotopic (exact) mass is 361 g/mol. The summed E-state index contributed by atoms with van der Waals surface area (Å²) >= 11 is 0. The van der Waals surface area contributed by atoms with Crippen LogP contribution >= 0.6 is 0 Å². The first-order chi connectivity index (χ1) is 13.1. The van der Waals surface area contributed by atoms with Crippen molar-refractivity contribution in [1.29, 1.82) is 0 Å². The lowest BCUT2D eigenvalue weighted by atomic mass is 10.0. The smallest absolute Gasteiger partial charge is 0.224 e. The molecule has 1 fully saturated rings. The lowest BCUT2D eigenvalue weighted by Gasteiger charge is -2.12. The van der Waals surface area contributed by atoms with Crippen LogP contribution in [0.1, 0.15) is 42.4 Å². The van der Waals surface area contributed by atoms with E-state index in [1.807, 2.05) is 49.5 Å². The summed E-state index contributed by atoms with van der Waals surface area (Å²) in [5.41, 5.74) is 3.86. The molecule has 27 heavy (non-hydrogen) atoms. The Labute approximate surface area is 159 Å². The van der Waals surface area contributed by atoms with Crippen LogP contribution in [0.2, 0.25) is 0 Å². The summed E-state index contributed by atoms with van der Waals surface area (Å²) in [4.78, 5) is 13.3. The number of hydrogen-bond acceptors (Lipinski definition) is 5. The van der Waals surface area contributed by atoms with Crippen LogP contribution < -0.4 is 4.74 Å². The van der Waals surface area contributed by atoms with E-state index >= 15 is 0 Å². The average Bonchev–Trinajstić information content (AvgIpc) is 3.47.